The van der Waals surface area contributed by atoms with Gasteiger partial charge < -0.3 is 9.90 Å². The standard InChI is InChI=1S/C12H24O2.C4H11NO2S.K/c1-2-3-4-5-6-7-8-9-10-11-12(13)14;1-3-5-8(6,7)4-2;/h2-11H2,1H3,(H,13,14);5H,3-4H2,1-2H3;/q;;+1/p-1. The predicted molar refractivity (Wildman–Crippen MR) is 90.0 cm³/mol. The SMILES string of the molecule is CCCCCCCCCCCC(=O)[O-].CCNS(=O)(=O)CC.[K+]. The molecule has 0 aromatic heterocycles. The Morgan fingerprint density at radius 3 is 1.61 bits per heavy atom. The summed E-state index contributed by atoms with van der Waals surface area (Å²) in [5.41, 5.74) is 0. The van der Waals surface area contributed by atoms with Crippen molar-refractivity contribution in [2.75, 3.05) is 12.3 Å². The van der Waals surface area contributed by atoms with Gasteiger partial charge in [0.2, 0.25) is 10.0 Å². The van der Waals surface area contributed by atoms with Crippen molar-refractivity contribution < 1.29 is 69.7 Å². The van der Waals surface area contributed by atoms with E-state index in [1.165, 1.54) is 44.9 Å². The number of hydrogen-bond acceptors (Lipinski definition) is 4. The van der Waals surface area contributed by atoms with E-state index in [0.29, 0.717) is 6.54 Å². The van der Waals surface area contributed by atoms with Crippen LogP contribution in [-0.4, -0.2) is 26.7 Å². The predicted octanol–water partition coefficient (Wildman–Crippen LogP) is -0.393. The molecule has 0 radical (unpaired) electrons. The Labute approximate surface area is 185 Å². The molecule has 0 rings (SSSR count). The topological polar surface area (TPSA) is 86.3 Å². The molecule has 134 valence electrons. The van der Waals surface area contributed by atoms with Crippen LogP contribution in [0.25, 0.3) is 0 Å². The van der Waals surface area contributed by atoms with Crippen LogP contribution < -0.4 is 61.2 Å². The Morgan fingerprint density at radius 1 is 0.870 bits per heavy atom. The first kappa shape index (κ1) is 28.8. The van der Waals surface area contributed by atoms with Crippen molar-refractivity contribution >= 4 is 16.0 Å². The van der Waals surface area contributed by atoms with Gasteiger partial charge in [0, 0.05) is 12.5 Å². The first-order valence-electron chi connectivity index (χ1n) is 8.56. The van der Waals surface area contributed by atoms with Crippen LogP contribution in [0.15, 0.2) is 0 Å². The number of carbonyl (C=O) groups excluding carboxylic acids is 1. The molecule has 0 aliphatic heterocycles. The van der Waals surface area contributed by atoms with Crippen LogP contribution in [0.2, 0.25) is 0 Å². The molecule has 5 nitrogen and oxygen atoms in total. The third-order valence-corrected chi connectivity index (χ3v) is 4.72. The third-order valence-electron chi connectivity index (χ3n) is 3.23. The Balaban J connectivity index is -0.000000382. The molecule has 1 N–H and O–H groups in total. The molecule has 7 heteroatoms. The van der Waals surface area contributed by atoms with Crippen molar-refractivity contribution in [2.24, 2.45) is 0 Å². The maximum absolute atomic E-state index is 10.5. The van der Waals surface area contributed by atoms with Gasteiger partial charge in [0.25, 0.3) is 0 Å². The zero-order valence-corrected chi connectivity index (χ0v) is 19.5. The zero-order chi connectivity index (χ0) is 17.3. The number of sulfonamides is 1. The number of hydrogen-bond donors (Lipinski definition) is 1. The number of aliphatic carboxylic acids is 1. The second-order valence-corrected chi connectivity index (χ2v) is 7.45. The second kappa shape index (κ2) is 21.1. The normalized spacial score (nSPS) is 10.4. The first-order valence-corrected chi connectivity index (χ1v) is 10.2. The molecule has 0 saturated carbocycles. The molecule has 0 aliphatic carbocycles. The first-order chi connectivity index (χ1) is 10.4. The Hall–Kier alpha value is 1.02. The molecule has 0 spiro atoms. The molecule has 0 aliphatic rings. The molecule has 0 bridgehead atoms. The fourth-order valence-corrected chi connectivity index (χ4v) is 2.55. The smallest absolute Gasteiger partial charge is 0.550 e. The molecule has 0 aromatic carbocycles. The molecular weight excluding hydrogens is 341 g/mol. The summed E-state index contributed by atoms with van der Waals surface area (Å²) in [5.74, 6) is -0.742. The van der Waals surface area contributed by atoms with Crippen LogP contribution in [0.4, 0.5) is 0 Å². The Morgan fingerprint density at radius 2 is 1.30 bits per heavy atom. The van der Waals surface area contributed by atoms with Gasteiger partial charge in [-0.3, -0.25) is 0 Å². The minimum Gasteiger partial charge on any atom is -0.550 e. The van der Waals surface area contributed by atoms with Crippen LogP contribution in [-0.2, 0) is 14.8 Å². The van der Waals surface area contributed by atoms with Gasteiger partial charge in [-0.1, -0.05) is 65.2 Å². The average Bonchev–Trinajstić information content (AvgIpc) is 2.46. The van der Waals surface area contributed by atoms with Gasteiger partial charge in [-0.25, -0.2) is 13.1 Å². The number of carboxylic acid groups (broad SMARTS) is 1. The fourth-order valence-electron chi connectivity index (χ4n) is 1.90. The average molecular weight is 376 g/mol. The van der Waals surface area contributed by atoms with E-state index in [1.807, 2.05) is 0 Å². The van der Waals surface area contributed by atoms with Gasteiger partial charge in [-0.05, 0) is 19.8 Å². The van der Waals surface area contributed by atoms with Gasteiger partial charge in [-0.15, -0.1) is 0 Å². The van der Waals surface area contributed by atoms with E-state index in [-0.39, 0.29) is 63.6 Å². The van der Waals surface area contributed by atoms with Crippen molar-refractivity contribution in [3.05, 3.63) is 0 Å². The van der Waals surface area contributed by atoms with Gasteiger partial charge in [0.05, 0.1) is 5.75 Å². The summed E-state index contributed by atoms with van der Waals surface area (Å²) in [6.07, 6.45) is 11.2. The van der Waals surface area contributed by atoms with E-state index < -0.39 is 16.0 Å². The van der Waals surface area contributed by atoms with Crippen molar-refractivity contribution in [2.45, 2.75) is 85.0 Å². The number of carbonyl (C=O) groups is 1. The van der Waals surface area contributed by atoms with Gasteiger partial charge in [0.1, 0.15) is 0 Å². The number of nitrogens with one attached hydrogen (secondary N) is 1. The fraction of sp³-hybridized carbons (Fsp3) is 0.938. The summed E-state index contributed by atoms with van der Waals surface area (Å²) >= 11 is 0. The summed E-state index contributed by atoms with van der Waals surface area (Å²) in [7, 11) is -2.92. The summed E-state index contributed by atoms with van der Waals surface area (Å²) in [5, 5.41) is 10.1. The molecule has 0 amide bonds. The maximum atomic E-state index is 10.5. The Bertz CT molecular complexity index is 348. The quantitative estimate of drug-likeness (QED) is 0.351. The van der Waals surface area contributed by atoms with Gasteiger partial charge >= 0.3 is 51.4 Å². The Kier molecular flexibility index (Phi) is 26.4. The molecular formula is C16H34KNO4S. The largest absolute Gasteiger partial charge is 1.00 e. The van der Waals surface area contributed by atoms with Crippen LogP contribution in [0.5, 0.6) is 0 Å². The van der Waals surface area contributed by atoms with Crippen molar-refractivity contribution in [1.29, 1.82) is 0 Å². The van der Waals surface area contributed by atoms with E-state index in [1.54, 1.807) is 13.8 Å². The van der Waals surface area contributed by atoms with E-state index in [9.17, 15) is 18.3 Å². The molecule has 0 atom stereocenters. The van der Waals surface area contributed by atoms with E-state index in [0.717, 1.165) is 12.8 Å². The van der Waals surface area contributed by atoms with Gasteiger partial charge in [-0.2, -0.15) is 0 Å². The number of carboxylic acids is 1. The van der Waals surface area contributed by atoms with E-state index in [2.05, 4.69) is 11.6 Å². The minimum absolute atomic E-state index is 0. The summed E-state index contributed by atoms with van der Waals surface area (Å²) in [6, 6.07) is 0. The van der Waals surface area contributed by atoms with Crippen LogP contribution in [0.1, 0.15) is 85.0 Å². The van der Waals surface area contributed by atoms with Crippen LogP contribution in [0, 0.1) is 0 Å². The summed E-state index contributed by atoms with van der Waals surface area (Å²) < 4.78 is 23.3. The molecule has 0 heterocycles. The second-order valence-electron chi connectivity index (χ2n) is 5.35. The van der Waals surface area contributed by atoms with Crippen molar-refractivity contribution in [3.63, 3.8) is 0 Å². The van der Waals surface area contributed by atoms with Crippen LogP contribution in [0.3, 0.4) is 0 Å². The van der Waals surface area contributed by atoms with E-state index in [4.69, 9.17) is 0 Å². The van der Waals surface area contributed by atoms with Gasteiger partial charge in [0.15, 0.2) is 0 Å². The molecule has 0 aromatic rings. The van der Waals surface area contributed by atoms with E-state index >= 15 is 0 Å². The van der Waals surface area contributed by atoms with Crippen molar-refractivity contribution in [1.82, 2.24) is 4.72 Å². The molecule has 23 heavy (non-hydrogen) atoms. The number of unbranched alkanes of at least 4 members (excludes halogenated alkanes) is 8. The monoisotopic (exact) mass is 375 g/mol. The number of rotatable bonds is 13. The molecule has 0 fully saturated rings. The van der Waals surface area contributed by atoms with Crippen LogP contribution >= 0.6 is 0 Å². The third kappa shape index (κ3) is 28.1. The minimum atomic E-state index is -2.92. The summed E-state index contributed by atoms with van der Waals surface area (Å²) in [4.78, 5) is 10.1. The maximum Gasteiger partial charge on any atom is 1.00 e. The molecule has 0 unspecified atom stereocenters. The zero-order valence-electron chi connectivity index (χ0n) is 15.5. The van der Waals surface area contributed by atoms with Crippen molar-refractivity contribution in [3.8, 4) is 0 Å². The molecule has 0 saturated heterocycles. The summed E-state index contributed by atoms with van der Waals surface area (Å²) in [6.45, 7) is 6.07.